The lowest BCUT2D eigenvalue weighted by Crippen LogP contribution is -1.86. The highest BCUT2D eigenvalue weighted by molar-refractivity contribution is 9.10. The van der Waals surface area contributed by atoms with Crippen LogP contribution in [-0.2, 0) is 0 Å². The Morgan fingerprint density at radius 1 is 0.765 bits per heavy atom. The van der Waals surface area contributed by atoms with Crippen molar-refractivity contribution < 1.29 is 0 Å². The van der Waals surface area contributed by atoms with Crippen molar-refractivity contribution in [2.45, 2.75) is 13.8 Å². The average molecular weight is 285 g/mol. The molecule has 0 heterocycles. The SMILES string of the molecule is Cc1ccc2c(Br)c(C)c3ccccc3c2c1. The zero-order valence-electron chi connectivity index (χ0n) is 9.92. The van der Waals surface area contributed by atoms with Crippen LogP contribution in [0.3, 0.4) is 0 Å². The monoisotopic (exact) mass is 284 g/mol. The van der Waals surface area contributed by atoms with Gasteiger partial charge in [-0.1, -0.05) is 48.0 Å². The van der Waals surface area contributed by atoms with Gasteiger partial charge >= 0.3 is 0 Å². The largest absolute Gasteiger partial charge is 0.0616 e. The molecule has 0 saturated heterocycles. The Hall–Kier alpha value is -1.34. The van der Waals surface area contributed by atoms with E-state index in [0.29, 0.717) is 0 Å². The third-order valence-electron chi connectivity index (χ3n) is 3.36. The van der Waals surface area contributed by atoms with E-state index in [-0.39, 0.29) is 0 Å². The number of halogens is 1. The fourth-order valence-corrected chi connectivity index (χ4v) is 3.00. The molecule has 3 aromatic carbocycles. The van der Waals surface area contributed by atoms with Crippen molar-refractivity contribution in [3.05, 3.63) is 58.1 Å². The number of rotatable bonds is 0. The molecule has 0 bridgehead atoms. The summed E-state index contributed by atoms with van der Waals surface area (Å²) in [7, 11) is 0. The Labute approximate surface area is 109 Å². The number of benzene rings is 3. The predicted octanol–water partition coefficient (Wildman–Crippen LogP) is 5.37. The summed E-state index contributed by atoms with van der Waals surface area (Å²) in [6.45, 7) is 4.31. The van der Waals surface area contributed by atoms with Crippen molar-refractivity contribution >= 4 is 37.5 Å². The molecule has 0 spiro atoms. The van der Waals surface area contributed by atoms with Crippen molar-refractivity contribution in [3.8, 4) is 0 Å². The third kappa shape index (κ3) is 1.57. The minimum atomic E-state index is 1.21. The normalized spacial score (nSPS) is 11.2. The molecule has 0 fully saturated rings. The molecule has 0 aliphatic rings. The standard InChI is InChI=1S/C16H13Br/c1-10-7-8-14-15(9-10)13-6-4-3-5-12(13)11(2)16(14)17/h3-9H,1-2H3. The predicted molar refractivity (Wildman–Crippen MR) is 78.6 cm³/mol. The molecule has 0 aromatic heterocycles. The highest BCUT2D eigenvalue weighted by Gasteiger charge is 2.08. The van der Waals surface area contributed by atoms with Crippen molar-refractivity contribution in [2.75, 3.05) is 0 Å². The number of aryl methyl sites for hydroxylation is 2. The molecule has 0 unspecified atom stereocenters. The van der Waals surface area contributed by atoms with E-state index < -0.39 is 0 Å². The molecule has 0 atom stereocenters. The molecule has 0 aliphatic carbocycles. The lowest BCUT2D eigenvalue weighted by molar-refractivity contribution is 1.48. The van der Waals surface area contributed by atoms with E-state index >= 15 is 0 Å². The van der Waals surface area contributed by atoms with Gasteiger partial charge in [0.05, 0.1) is 0 Å². The maximum absolute atomic E-state index is 3.73. The second-order valence-corrected chi connectivity index (χ2v) is 5.33. The fourth-order valence-electron chi connectivity index (χ4n) is 2.44. The Morgan fingerprint density at radius 3 is 2.24 bits per heavy atom. The number of hydrogen-bond donors (Lipinski definition) is 0. The lowest BCUT2D eigenvalue weighted by Gasteiger charge is -2.11. The van der Waals surface area contributed by atoms with Crippen LogP contribution in [0.4, 0.5) is 0 Å². The van der Waals surface area contributed by atoms with Crippen LogP contribution in [-0.4, -0.2) is 0 Å². The summed E-state index contributed by atoms with van der Waals surface area (Å²) in [5.41, 5.74) is 2.62. The van der Waals surface area contributed by atoms with Gasteiger partial charge in [0.2, 0.25) is 0 Å². The topological polar surface area (TPSA) is 0 Å². The average Bonchev–Trinajstić information content (AvgIpc) is 2.36. The number of hydrogen-bond acceptors (Lipinski definition) is 0. The molecule has 84 valence electrons. The molecule has 0 radical (unpaired) electrons. The first kappa shape index (κ1) is 10.8. The van der Waals surface area contributed by atoms with Crippen LogP contribution in [0.5, 0.6) is 0 Å². The third-order valence-corrected chi connectivity index (χ3v) is 4.38. The van der Waals surface area contributed by atoms with Crippen LogP contribution in [0, 0.1) is 13.8 Å². The maximum Gasteiger partial charge on any atom is 0.0289 e. The summed E-state index contributed by atoms with van der Waals surface area (Å²) < 4.78 is 1.21. The van der Waals surface area contributed by atoms with Crippen LogP contribution >= 0.6 is 15.9 Å². The summed E-state index contributed by atoms with van der Waals surface area (Å²) in [5.74, 6) is 0. The van der Waals surface area contributed by atoms with Gasteiger partial charge in [0, 0.05) is 4.47 Å². The minimum Gasteiger partial charge on any atom is -0.0616 e. The van der Waals surface area contributed by atoms with Gasteiger partial charge < -0.3 is 0 Å². The van der Waals surface area contributed by atoms with Crippen molar-refractivity contribution in [1.82, 2.24) is 0 Å². The van der Waals surface area contributed by atoms with Crippen LogP contribution < -0.4 is 0 Å². The van der Waals surface area contributed by atoms with E-state index in [2.05, 4.69) is 72.2 Å². The second kappa shape index (κ2) is 3.85. The Kier molecular flexibility index (Phi) is 2.44. The van der Waals surface area contributed by atoms with E-state index in [4.69, 9.17) is 0 Å². The molecular formula is C16H13Br. The van der Waals surface area contributed by atoms with E-state index in [0.717, 1.165) is 0 Å². The van der Waals surface area contributed by atoms with Gasteiger partial charge in [0.15, 0.2) is 0 Å². The van der Waals surface area contributed by atoms with Crippen LogP contribution in [0.15, 0.2) is 46.9 Å². The van der Waals surface area contributed by atoms with E-state index in [9.17, 15) is 0 Å². The summed E-state index contributed by atoms with van der Waals surface area (Å²) in [6.07, 6.45) is 0. The molecule has 0 saturated carbocycles. The van der Waals surface area contributed by atoms with Gasteiger partial charge in [-0.15, -0.1) is 0 Å². The first-order valence-corrected chi connectivity index (χ1v) is 6.55. The van der Waals surface area contributed by atoms with Gasteiger partial charge in [-0.05, 0) is 56.9 Å². The molecule has 0 amide bonds. The molecule has 3 rings (SSSR count). The lowest BCUT2D eigenvalue weighted by atomic mass is 9.97. The first-order chi connectivity index (χ1) is 8.18. The Bertz CT molecular complexity index is 726. The van der Waals surface area contributed by atoms with E-state index in [1.807, 2.05) is 0 Å². The highest BCUT2D eigenvalue weighted by Crippen LogP contribution is 2.35. The van der Waals surface area contributed by atoms with Crippen molar-refractivity contribution in [2.24, 2.45) is 0 Å². The van der Waals surface area contributed by atoms with E-state index in [1.54, 1.807) is 0 Å². The molecule has 0 nitrogen and oxygen atoms in total. The molecule has 17 heavy (non-hydrogen) atoms. The van der Waals surface area contributed by atoms with Crippen molar-refractivity contribution in [3.63, 3.8) is 0 Å². The molecule has 0 N–H and O–H groups in total. The molecular weight excluding hydrogens is 272 g/mol. The Morgan fingerprint density at radius 2 is 1.47 bits per heavy atom. The quantitative estimate of drug-likeness (QED) is 0.487. The minimum absolute atomic E-state index is 1.21. The van der Waals surface area contributed by atoms with Gasteiger partial charge in [-0.2, -0.15) is 0 Å². The fraction of sp³-hybridized carbons (Fsp3) is 0.125. The smallest absolute Gasteiger partial charge is 0.0289 e. The van der Waals surface area contributed by atoms with Crippen molar-refractivity contribution in [1.29, 1.82) is 0 Å². The van der Waals surface area contributed by atoms with E-state index in [1.165, 1.54) is 37.1 Å². The highest BCUT2D eigenvalue weighted by atomic mass is 79.9. The zero-order chi connectivity index (χ0) is 12.0. The molecule has 3 aromatic rings. The first-order valence-electron chi connectivity index (χ1n) is 5.75. The Balaban J connectivity index is 2.66. The van der Waals surface area contributed by atoms with Crippen LogP contribution in [0.25, 0.3) is 21.5 Å². The van der Waals surface area contributed by atoms with Gasteiger partial charge in [0.1, 0.15) is 0 Å². The van der Waals surface area contributed by atoms with Crippen LogP contribution in [0.2, 0.25) is 0 Å². The summed E-state index contributed by atoms with van der Waals surface area (Å²) in [5, 5.41) is 5.30. The summed E-state index contributed by atoms with van der Waals surface area (Å²) in [6, 6.07) is 15.2. The maximum atomic E-state index is 3.73. The molecule has 0 aliphatic heterocycles. The van der Waals surface area contributed by atoms with Gasteiger partial charge in [-0.25, -0.2) is 0 Å². The summed E-state index contributed by atoms with van der Waals surface area (Å²) >= 11 is 3.73. The number of fused-ring (bicyclic) bond motifs is 3. The second-order valence-electron chi connectivity index (χ2n) is 4.53. The summed E-state index contributed by atoms with van der Waals surface area (Å²) in [4.78, 5) is 0. The van der Waals surface area contributed by atoms with Crippen LogP contribution in [0.1, 0.15) is 11.1 Å². The zero-order valence-corrected chi connectivity index (χ0v) is 11.5. The van der Waals surface area contributed by atoms with Gasteiger partial charge in [-0.3, -0.25) is 0 Å². The van der Waals surface area contributed by atoms with Gasteiger partial charge in [0.25, 0.3) is 0 Å². The molecule has 1 heteroatoms.